The fourth-order valence-corrected chi connectivity index (χ4v) is 5.50. The number of carbonyl (C=O) groups excluding carboxylic acids is 2. The second-order valence-corrected chi connectivity index (χ2v) is 12.8. The van der Waals surface area contributed by atoms with Gasteiger partial charge in [-0.25, -0.2) is 0 Å². The highest BCUT2D eigenvalue weighted by atomic mass is 16.5. The van der Waals surface area contributed by atoms with E-state index in [1.54, 1.807) is 0 Å². The van der Waals surface area contributed by atoms with Gasteiger partial charge in [-0.1, -0.05) is 168 Å². The first-order valence-electron chi connectivity index (χ1n) is 18.2. The van der Waals surface area contributed by atoms with Gasteiger partial charge < -0.3 is 20.3 Å². The van der Waals surface area contributed by atoms with Crippen molar-refractivity contribution in [2.24, 2.45) is 0 Å². The van der Waals surface area contributed by atoms with Crippen molar-refractivity contribution in [3.05, 3.63) is 0 Å². The zero-order valence-electron chi connectivity index (χ0n) is 28.0. The number of unbranched alkanes of at least 4 members (excludes halogenated alkanes) is 24. The molecule has 0 aromatic carbocycles. The predicted molar refractivity (Wildman–Crippen MR) is 177 cm³/mol. The average molecular weight is 598 g/mol. The lowest BCUT2D eigenvalue weighted by molar-refractivity contribution is -0.149. The average Bonchev–Trinajstić information content (AvgIpc) is 3.00. The largest absolute Gasteiger partial charge is 0.463 e. The van der Waals surface area contributed by atoms with E-state index in [0.717, 1.165) is 38.5 Å². The molecule has 250 valence electrons. The maximum atomic E-state index is 12.4. The summed E-state index contributed by atoms with van der Waals surface area (Å²) in [7, 11) is 0. The highest BCUT2D eigenvalue weighted by molar-refractivity contribution is 5.77. The number of aliphatic hydroxyl groups is 2. The van der Waals surface area contributed by atoms with Crippen LogP contribution in [0.1, 0.15) is 194 Å². The molecule has 42 heavy (non-hydrogen) atoms. The van der Waals surface area contributed by atoms with Crippen molar-refractivity contribution >= 4 is 11.9 Å². The Kier molecular flexibility index (Phi) is 30.4. The predicted octanol–water partition coefficient (Wildman–Crippen LogP) is 9.33. The van der Waals surface area contributed by atoms with Gasteiger partial charge in [0.2, 0.25) is 5.91 Å². The van der Waals surface area contributed by atoms with Crippen LogP contribution in [0.2, 0.25) is 0 Å². The molecule has 0 saturated heterocycles. The standard InChI is InChI=1S/C36H71NO5/c1-3-5-7-9-11-13-15-16-17-18-20-22-24-26-28-30-35(41)42-33-36(31-38,32-39)37-34(40)29-27-25-23-21-19-14-12-10-8-6-4-2/h38-39H,3-33H2,1-2H3,(H,37,40). The summed E-state index contributed by atoms with van der Waals surface area (Å²) in [5.41, 5.74) is -1.32. The van der Waals surface area contributed by atoms with E-state index in [4.69, 9.17) is 4.74 Å². The number of ether oxygens (including phenoxy) is 1. The van der Waals surface area contributed by atoms with Gasteiger partial charge in [-0.3, -0.25) is 9.59 Å². The van der Waals surface area contributed by atoms with Crippen LogP contribution in [0.25, 0.3) is 0 Å². The molecule has 6 heteroatoms. The Morgan fingerprint density at radius 2 is 0.810 bits per heavy atom. The molecule has 0 aromatic heterocycles. The van der Waals surface area contributed by atoms with Gasteiger partial charge in [0.1, 0.15) is 12.1 Å². The molecule has 0 bridgehead atoms. The molecule has 1 amide bonds. The maximum Gasteiger partial charge on any atom is 0.305 e. The Hall–Kier alpha value is -1.14. The van der Waals surface area contributed by atoms with Gasteiger partial charge in [-0.05, 0) is 12.8 Å². The lowest BCUT2D eigenvalue weighted by atomic mass is 10.0. The number of aliphatic hydroxyl groups excluding tert-OH is 2. The number of amides is 1. The molecule has 0 spiro atoms. The summed E-state index contributed by atoms with van der Waals surface area (Å²) in [6.45, 7) is 3.35. The molecule has 0 aliphatic rings. The van der Waals surface area contributed by atoms with Gasteiger partial charge in [-0.15, -0.1) is 0 Å². The Bertz CT molecular complexity index is 593. The van der Waals surface area contributed by atoms with E-state index in [9.17, 15) is 19.8 Å². The van der Waals surface area contributed by atoms with E-state index in [2.05, 4.69) is 19.2 Å². The lowest BCUT2D eigenvalue weighted by Gasteiger charge is -2.30. The summed E-state index contributed by atoms with van der Waals surface area (Å²) >= 11 is 0. The zero-order chi connectivity index (χ0) is 31.0. The molecule has 0 rings (SSSR count). The Morgan fingerprint density at radius 1 is 0.500 bits per heavy atom. The highest BCUT2D eigenvalue weighted by Gasteiger charge is 2.32. The third-order valence-electron chi connectivity index (χ3n) is 8.51. The van der Waals surface area contributed by atoms with Gasteiger partial charge in [-0.2, -0.15) is 0 Å². The van der Waals surface area contributed by atoms with Gasteiger partial charge >= 0.3 is 5.97 Å². The highest BCUT2D eigenvalue weighted by Crippen LogP contribution is 2.15. The summed E-state index contributed by atoms with van der Waals surface area (Å²) in [6, 6.07) is 0. The van der Waals surface area contributed by atoms with Crippen LogP contribution in [-0.4, -0.2) is 47.4 Å². The first-order valence-corrected chi connectivity index (χ1v) is 18.2. The molecule has 0 atom stereocenters. The van der Waals surface area contributed by atoms with E-state index in [1.807, 2.05) is 0 Å². The Labute approximate surface area is 260 Å². The zero-order valence-corrected chi connectivity index (χ0v) is 28.0. The fourth-order valence-electron chi connectivity index (χ4n) is 5.50. The first kappa shape index (κ1) is 40.9. The smallest absolute Gasteiger partial charge is 0.305 e. The van der Waals surface area contributed by atoms with Gasteiger partial charge in [0.05, 0.1) is 13.2 Å². The van der Waals surface area contributed by atoms with Gasteiger partial charge in [0, 0.05) is 12.8 Å². The van der Waals surface area contributed by atoms with Crippen molar-refractivity contribution in [2.45, 2.75) is 199 Å². The molecule has 0 saturated carbocycles. The molecule has 0 radical (unpaired) electrons. The lowest BCUT2D eigenvalue weighted by Crippen LogP contribution is -2.57. The quantitative estimate of drug-likeness (QED) is 0.0517. The van der Waals surface area contributed by atoms with Crippen molar-refractivity contribution in [1.29, 1.82) is 0 Å². The van der Waals surface area contributed by atoms with Crippen LogP contribution in [-0.2, 0) is 14.3 Å². The second-order valence-electron chi connectivity index (χ2n) is 12.8. The summed E-state index contributed by atoms with van der Waals surface area (Å²) in [6.07, 6.45) is 33.2. The van der Waals surface area contributed by atoms with Crippen molar-refractivity contribution < 1.29 is 24.5 Å². The van der Waals surface area contributed by atoms with Crippen molar-refractivity contribution in [3.8, 4) is 0 Å². The summed E-state index contributed by atoms with van der Waals surface area (Å²) < 4.78 is 5.35. The van der Waals surface area contributed by atoms with Crippen molar-refractivity contribution in [3.63, 3.8) is 0 Å². The molecule has 0 heterocycles. The van der Waals surface area contributed by atoms with Crippen molar-refractivity contribution in [1.82, 2.24) is 5.32 Å². The minimum atomic E-state index is -1.32. The number of nitrogens with one attached hydrogen (secondary N) is 1. The molecule has 0 fully saturated rings. The third-order valence-corrected chi connectivity index (χ3v) is 8.51. The van der Waals surface area contributed by atoms with E-state index in [1.165, 1.54) is 128 Å². The van der Waals surface area contributed by atoms with Crippen LogP contribution in [0.15, 0.2) is 0 Å². The molecular formula is C36H71NO5. The van der Waals surface area contributed by atoms with Gasteiger partial charge in [0.15, 0.2) is 0 Å². The van der Waals surface area contributed by atoms with Crippen LogP contribution in [0.3, 0.4) is 0 Å². The van der Waals surface area contributed by atoms with Crippen LogP contribution < -0.4 is 5.32 Å². The molecule has 0 aromatic rings. The van der Waals surface area contributed by atoms with E-state index >= 15 is 0 Å². The normalized spacial score (nSPS) is 11.6. The number of hydrogen-bond donors (Lipinski definition) is 3. The summed E-state index contributed by atoms with van der Waals surface area (Å²) in [5, 5.41) is 22.4. The number of hydrogen-bond acceptors (Lipinski definition) is 5. The van der Waals surface area contributed by atoms with Crippen LogP contribution >= 0.6 is 0 Å². The maximum absolute atomic E-state index is 12.4. The Morgan fingerprint density at radius 3 is 1.14 bits per heavy atom. The van der Waals surface area contributed by atoms with Gasteiger partial charge in [0.25, 0.3) is 0 Å². The minimum absolute atomic E-state index is 0.207. The SMILES string of the molecule is CCCCCCCCCCCCCCCCCC(=O)OCC(CO)(CO)NC(=O)CCCCCCCCCCCCC. The monoisotopic (exact) mass is 598 g/mol. The van der Waals surface area contributed by atoms with Crippen LogP contribution in [0.4, 0.5) is 0 Å². The van der Waals surface area contributed by atoms with Crippen molar-refractivity contribution in [2.75, 3.05) is 19.8 Å². The molecule has 6 nitrogen and oxygen atoms in total. The van der Waals surface area contributed by atoms with E-state index in [0.29, 0.717) is 12.8 Å². The summed E-state index contributed by atoms with van der Waals surface area (Å²) in [4.78, 5) is 24.7. The van der Waals surface area contributed by atoms with E-state index < -0.39 is 18.8 Å². The second kappa shape index (κ2) is 31.3. The van der Waals surface area contributed by atoms with E-state index in [-0.39, 0.29) is 18.5 Å². The number of rotatable bonds is 33. The van der Waals surface area contributed by atoms with Crippen LogP contribution in [0, 0.1) is 0 Å². The topological polar surface area (TPSA) is 95.9 Å². The number of esters is 1. The number of carbonyl (C=O) groups is 2. The third kappa shape index (κ3) is 26.5. The molecule has 0 unspecified atom stereocenters. The fraction of sp³-hybridized carbons (Fsp3) is 0.944. The molecule has 0 aliphatic heterocycles. The minimum Gasteiger partial charge on any atom is -0.463 e. The Balaban J connectivity index is 3.78. The molecular weight excluding hydrogens is 526 g/mol. The first-order chi connectivity index (χ1) is 20.5. The van der Waals surface area contributed by atoms with Crippen LogP contribution in [0.5, 0.6) is 0 Å². The molecule has 0 aliphatic carbocycles. The summed E-state index contributed by atoms with van der Waals surface area (Å²) in [5.74, 6) is -0.553. The molecule has 3 N–H and O–H groups in total.